The minimum absolute atomic E-state index is 0.283. The van der Waals surface area contributed by atoms with Crippen molar-refractivity contribution in [1.29, 1.82) is 0 Å². The van der Waals surface area contributed by atoms with Crippen molar-refractivity contribution in [2.24, 2.45) is 0 Å². The fourth-order valence-corrected chi connectivity index (χ4v) is 2.33. The van der Waals surface area contributed by atoms with E-state index in [1.807, 2.05) is 42.0 Å². The molecule has 0 atom stereocenters. The van der Waals surface area contributed by atoms with Crippen LogP contribution in [0.4, 0.5) is 0 Å². The van der Waals surface area contributed by atoms with Gasteiger partial charge in [-0.2, -0.15) is 0 Å². The molecule has 106 valence electrons. The summed E-state index contributed by atoms with van der Waals surface area (Å²) in [6.45, 7) is 2.54. The Balaban J connectivity index is 2.01. The quantitative estimate of drug-likeness (QED) is 0.751. The average Bonchev–Trinajstić information content (AvgIpc) is 2.84. The summed E-state index contributed by atoms with van der Waals surface area (Å²) in [6, 6.07) is 10.9. The van der Waals surface area contributed by atoms with E-state index in [1.54, 1.807) is 18.3 Å². The number of imidazole rings is 1. The third-order valence-corrected chi connectivity index (χ3v) is 3.58. The Morgan fingerprint density at radius 2 is 1.90 bits per heavy atom. The second-order valence-corrected chi connectivity index (χ2v) is 5.19. The first-order valence-corrected chi connectivity index (χ1v) is 6.94. The van der Waals surface area contributed by atoms with E-state index in [-0.39, 0.29) is 5.75 Å². The SMILES string of the molecule is Cc1cnc(-c2ccc(Cl)nc2)n1Cc1ccccc1O. The molecule has 0 saturated heterocycles. The van der Waals surface area contributed by atoms with Gasteiger partial charge in [-0.25, -0.2) is 9.97 Å². The van der Waals surface area contributed by atoms with Gasteiger partial charge in [-0.05, 0) is 25.1 Å². The summed E-state index contributed by atoms with van der Waals surface area (Å²) in [4.78, 5) is 8.53. The van der Waals surface area contributed by atoms with Crippen LogP contribution in [-0.2, 0) is 6.54 Å². The summed E-state index contributed by atoms with van der Waals surface area (Å²) in [7, 11) is 0. The van der Waals surface area contributed by atoms with Crippen molar-refractivity contribution in [2.45, 2.75) is 13.5 Å². The maximum Gasteiger partial charge on any atom is 0.141 e. The topological polar surface area (TPSA) is 50.9 Å². The third-order valence-electron chi connectivity index (χ3n) is 3.36. The van der Waals surface area contributed by atoms with Gasteiger partial charge >= 0.3 is 0 Å². The molecular formula is C16H14ClN3O. The van der Waals surface area contributed by atoms with Crippen molar-refractivity contribution in [3.8, 4) is 17.1 Å². The lowest BCUT2D eigenvalue weighted by Crippen LogP contribution is -2.04. The molecule has 1 N–H and O–H groups in total. The number of para-hydroxylation sites is 1. The second kappa shape index (κ2) is 5.58. The summed E-state index contributed by atoms with van der Waals surface area (Å²) in [5, 5.41) is 10.4. The van der Waals surface area contributed by atoms with E-state index in [4.69, 9.17) is 11.6 Å². The van der Waals surface area contributed by atoms with Crippen LogP contribution in [0.25, 0.3) is 11.4 Å². The van der Waals surface area contributed by atoms with Gasteiger partial charge in [0.15, 0.2) is 0 Å². The molecule has 0 fully saturated rings. The number of pyridine rings is 1. The van der Waals surface area contributed by atoms with E-state index >= 15 is 0 Å². The van der Waals surface area contributed by atoms with E-state index in [2.05, 4.69) is 9.97 Å². The number of benzene rings is 1. The molecule has 0 aliphatic carbocycles. The Labute approximate surface area is 127 Å². The van der Waals surface area contributed by atoms with Crippen molar-refractivity contribution in [3.63, 3.8) is 0 Å². The normalized spacial score (nSPS) is 10.8. The first-order chi connectivity index (χ1) is 10.1. The molecule has 5 heteroatoms. The molecule has 0 unspecified atom stereocenters. The zero-order valence-electron chi connectivity index (χ0n) is 11.5. The Bertz CT molecular complexity index is 765. The summed E-state index contributed by atoms with van der Waals surface area (Å²) in [6.07, 6.45) is 3.51. The zero-order valence-corrected chi connectivity index (χ0v) is 12.2. The number of nitrogens with zero attached hydrogens (tertiary/aromatic N) is 3. The maximum absolute atomic E-state index is 9.93. The molecule has 0 aliphatic rings. The first-order valence-electron chi connectivity index (χ1n) is 6.56. The van der Waals surface area contributed by atoms with E-state index in [0.717, 1.165) is 22.6 Å². The molecule has 0 spiro atoms. The van der Waals surface area contributed by atoms with Crippen molar-refractivity contribution in [3.05, 3.63) is 65.2 Å². The highest BCUT2D eigenvalue weighted by atomic mass is 35.5. The molecule has 2 heterocycles. The summed E-state index contributed by atoms with van der Waals surface area (Å²) in [5.41, 5.74) is 2.76. The molecule has 1 aromatic carbocycles. The van der Waals surface area contributed by atoms with E-state index < -0.39 is 0 Å². The van der Waals surface area contributed by atoms with Crippen molar-refractivity contribution < 1.29 is 5.11 Å². The number of aromatic hydroxyl groups is 1. The van der Waals surface area contributed by atoms with Crippen LogP contribution in [0.5, 0.6) is 5.75 Å². The first kappa shape index (κ1) is 13.6. The Morgan fingerprint density at radius 3 is 2.62 bits per heavy atom. The number of hydrogen-bond acceptors (Lipinski definition) is 3. The Kier molecular flexibility index (Phi) is 3.62. The van der Waals surface area contributed by atoms with Gasteiger partial charge in [-0.15, -0.1) is 0 Å². The predicted molar refractivity (Wildman–Crippen MR) is 82.4 cm³/mol. The average molecular weight is 300 g/mol. The van der Waals surface area contributed by atoms with Gasteiger partial charge in [-0.1, -0.05) is 29.8 Å². The molecule has 0 radical (unpaired) electrons. The predicted octanol–water partition coefficient (Wildman–Crippen LogP) is 3.66. The van der Waals surface area contributed by atoms with Crippen LogP contribution >= 0.6 is 11.6 Å². The molecule has 3 rings (SSSR count). The molecule has 0 bridgehead atoms. The van der Waals surface area contributed by atoms with Gasteiger partial charge in [-0.3, -0.25) is 0 Å². The molecule has 4 nitrogen and oxygen atoms in total. The summed E-state index contributed by atoms with van der Waals surface area (Å²) < 4.78 is 2.04. The van der Waals surface area contributed by atoms with Crippen molar-refractivity contribution in [2.75, 3.05) is 0 Å². The monoisotopic (exact) mass is 299 g/mol. The third kappa shape index (κ3) is 2.76. The number of hydrogen-bond donors (Lipinski definition) is 1. The maximum atomic E-state index is 9.93. The lowest BCUT2D eigenvalue weighted by molar-refractivity contribution is 0.466. The second-order valence-electron chi connectivity index (χ2n) is 4.81. The van der Waals surface area contributed by atoms with Gasteiger partial charge in [0, 0.05) is 29.2 Å². The van der Waals surface area contributed by atoms with Crippen molar-refractivity contribution >= 4 is 11.6 Å². The fraction of sp³-hybridized carbons (Fsp3) is 0.125. The molecule has 3 aromatic rings. The highest BCUT2D eigenvalue weighted by molar-refractivity contribution is 6.29. The number of phenolic OH excluding ortho intramolecular Hbond substituents is 1. The lowest BCUT2D eigenvalue weighted by Gasteiger charge is -2.11. The van der Waals surface area contributed by atoms with Crippen LogP contribution < -0.4 is 0 Å². The highest BCUT2D eigenvalue weighted by Crippen LogP contribution is 2.24. The van der Waals surface area contributed by atoms with Gasteiger partial charge in [0.2, 0.25) is 0 Å². The number of aryl methyl sites for hydroxylation is 1. The van der Waals surface area contributed by atoms with E-state index in [0.29, 0.717) is 11.7 Å². The van der Waals surface area contributed by atoms with E-state index in [1.165, 1.54) is 0 Å². The van der Waals surface area contributed by atoms with E-state index in [9.17, 15) is 5.11 Å². The summed E-state index contributed by atoms with van der Waals surface area (Å²) in [5.74, 6) is 1.09. The largest absolute Gasteiger partial charge is 0.508 e. The number of phenols is 1. The van der Waals surface area contributed by atoms with Crippen molar-refractivity contribution in [1.82, 2.24) is 14.5 Å². The minimum atomic E-state index is 0.283. The number of aromatic nitrogens is 3. The van der Waals surface area contributed by atoms with Gasteiger partial charge in [0.05, 0.1) is 6.54 Å². The molecule has 0 aliphatic heterocycles. The van der Waals surface area contributed by atoms with Gasteiger partial charge in [0.1, 0.15) is 16.7 Å². The molecule has 21 heavy (non-hydrogen) atoms. The van der Waals surface area contributed by atoms with Crippen LogP contribution in [-0.4, -0.2) is 19.6 Å². The molecule has 0 saturated carbocycles. The molecule has 2 aromatic heterocycles. The molecular weight excluding hydrogens is 286 g/mol. The van der Waals surface area contributed by atoms with Crippen LogP contribution in [0.1, 0.15) is 11.3 Å². The summed E-state index contributed by atoms with van der Waals surface area (Å²) >= 11 is 5.82. The number of halogens is 1. The van der Waals surface area contributed by atoms with Gasteiger partial charge < -0.3 is 9.67 Å². The smallest absolute Gasteiger partial charge is 0.141 e. The lowest BCUT2D eigenvalue weighted by atomic mass is 10.2. The highest BCUT2D eigenvalue weighted by Gasteiger charge is 2.11. The van der Waals surface area contributed by atoms with Crippen LogP contribution in [0.2, 0.25) is 5.15 Å². The fourth-order valence-electron chi connectivity index (χ4n) is 2.21. The standard InChI is InChI=1S/C16H14ClN3O/c1-11-8-19-16(12-6-7-15(17)18-9-12)20(11)10-13-4-2-3-5-14(13)21/h2-9,21H,10H2,1H3. The van der Waals surface area contributed by atoms with Crippen LogP contribution in [0.15, 0.2) is 48.8 Å². The minimum Gasteiger partial charge on any atom is -0.508 e. The Morgan fingerprint density at radius 1 is 1.10 bits per heavy atom. The number of rotatable bonds is 3. The molecule has 0 amide bonds. The van der Waals surface area contributed by atoms with Crippen LogP contribution in [0, 0.1) is 6.92 Å². The van der Waals surface area contributed by atoms with Gasteiger partial charge in [0.25, 0.3) is 0 Å². The Hall–Kier alpha value is -2.33. The van der Waals surface area contributed by atoms with Crippen LogP contribution in [0.3, 0.4) is 0 Å². The zero-order chi connectivity index (χ0) is 14.8.